The fourth-order valence-corrected chi connectivity index (χ4v) is 1.35. The van der Waals surface area contributed by atoms with Gasteiger partial charge in [0.1, 0.15) is 17.1 Å². The highest BCUT2D eigenvalue weighted by molar-refractivity contribution is 5.84. The molecule has 0 aliphatic heterocycles. The molecule has 0 spiro atoms. The van der Waals surface area contributed by atoms with Gasteiger partial charge in [-0.05, 0) is 32.9 Å². The van der Waals surface area contributed by atoms with E-state index in [-0.39, 0.29) is 11.5 Å². The molecule has 1 aromatic rings. The second-order valence-electron chi connectivity index (χ2n) is 5.20. The Bertz CT molecular complexity index is 536. The van der Waals surface area contributed by atoms with Crippen molar-refractivity contribution < 1.29 is 29.3 Å². The third-order valence-corrected chi connectivity index (χ3v) is 2.21. The van der Waals surface area contributed by atoms with E-state index in [0.29, 0.717) is 0 Å². The van der Waals surface area contributed by atoms with Crippen molar-refractivity contribution in [3.63, 3.8) is 0 Å². The van der Waals surface area contributed by atoms with Crippen molar-refractivity contribution in [1.29, 1.82) is 0 Å². The summed E-state index contributed by atoms with van der Waals surface area (Å²) < 4.78 is 9.29. The zero-order valence-corrected chi connectivity index (χ0v) is 12.2. The van der Waals surface area contributed by atoms with Crippen molar-refractivity contribution in [2.45, 2.75) is 32.2 Å². The number of amides is 1. The van der Waals surface area contributed by atoms with E-state index in [4.69, 9.17) is 4.74 Å². The molecule has 21 heavy (non-hydrogen) atoms. The molecule has 0 fully saturated rings. The van der Waals surface area contributed by atoms with E-state index >= 15 is 0 Å². The van der Waals surface area contributed by atoms with Crippen LogP contribution >= 0.6 is 0 Å². The molecule has 0 saturated carbocycles. The van der Waals surface area contributed by atoms with E-state index in [9.17, 15) is 19.8 Å². The summed E-state index contributed by atoms with van der Waals surface area (Å²) >= 11 is 0. The first-order valence-electron chi connectivity index (χ1n) is 6.07. The van der Waals surface area contributed by atoms with Gasteiger partial charge in [-0.15, -0.1) is 0 Å². The molecule has 1 aromatic heterocycles. The van der Waals surface area contributed by atoms with Gasteiger partial charge < -0.3 is 19.7 Å². The normalized spacial score (nSPS) is 11.7. The maximum Gasteiger partial charge on any atom is 0.413 e. The van der Waals surface area contributed by atoms with Crippen LogP contribution < -0.4 is 5.32 Å². The number of hydrogen-bond donors (Lipinski definition) is 3. The number of nitrogens with zero attached hydrogens (tertiary/aromatic N) is 1. The zero-order valence-electron chi connectivity index (χ0n) is 12.2. The molecule has 8 heteroatoms. The third-order valence-electron chi connectivity index (χ3n) is 2.21. The van der Waals surface area contributed by atoms with Crippen molar-refractivity contribution in [2.24, 2.45) is 0 Å². The molecule has 0 aliphatic carbocycles. The lowest BCUT2D eigenvalue weighted by atomic mass is 10.2. The summed E-state index contributed by atoms with van der Waals surface area (Å²) in [7, 11) is 1.01. The minimum Gasteiger partial charge on any atom is -0.465 e. The van der Waals surface area contributed by atoms with E-state index in [1.54, 1.807) is 20.8 Å². The number of aliphatic hydroxyl groups is 2. The largest absolute Gasteiger partial charge is 0.465 e. The van der Waals surface area contributed by atoms with Crippen LogP contribution in [0.25, 0.3) is 0 Å². The number of anilines is 1. The van der Waals surface area contributed by atoms with Crippen molar-refractivity contribution in [2.75, 3.05) is 12.4 Å². The molecule has 8 nitrogen and oxygen atoms in total. The standard InChI is InChI=1S/C13H18N2O6/c1-12(2,3)21-11(17)15-9-7-5-6-8(14-9)13(18,19)10(16)20-4/h5-7,18-19H,1-4H3,(H,14,15,17). The molecule has 0 atom stereocenters. The first-order chi connectivity index (χ1) is 9.56. The quantitative estimate of drug-likeness (QED) is 0.556. The predicted molar refractivity (Wildman–Crippen MR) is 72.2 cm³/mol. The molecule has 0 bridgehead atoms. The molecule has 0 aromatic carbocycles. The summed E-state index contributed by atoms with van der Waals surface area (Å²) in [6.45, 7) is 5.08. The highest BCUT2D eigenvalue weighted by atomic mass is 16.6. The maximum absolute atomic E-state index is 11.6. The van der Waals surface area contributed by atoms with Crippen molar-refractivity contribution in [3.05, 3.63) is 23.9 Å². The Kier molecular flexibility index (Phi) is 4.87. The minimum absolute atomic E-state index is 0.00173. The molecule has 1 heterocycles. The van der Waals surface area contributed by atoms with Crippen LogP contribution in [-0.4, -0.2) is 40.0 Å². The van der Waals surface area contributed by atoms with Gasteiger partial charge in [0.2, 0.25) is 0 Å². The van der Waals surface area contributed by atoms with E-state index in [1.807, 2.05) is 0 Å². The number of carbonyl (C=O) groups excluding carboxylic acids is 2. The van der Waals surface area contributed by atoms with Crippen LogP contribution in [0.4, 0.5) is 10.6 Å². The summed E-state index contributed by atoms with van der Waals surface area (Å²) in [5.41, 5.74) is -1.08. The Morgan fingerprint density at radius 1 is 1.24 bits per heavy atom. The van der Waals surface area contributed by atoms with E-state index in [1.165, 1.54) is 18.2 Å². The number of hydrogen-bond acceptors (Lipinski definition) is 7. The van der Waals surface area contributed by atoms with Gasteiger partial charge in [-0.25, -0.2) is 14.6 Å². The van der Waals surface area contributed by atoms with E-state index in [2.05, 4.69) is 15.0 Å². The van der Waals surface area contributed by atoms with E-state index in [0.717, 1.165) is 7.11 Å². The number of pyridine rings is 1. The fraction of sp³-hybridized carbons (Fsp3) is 0.462. The first kappa shape index (κ1) is 16.9. The third kappa shape index (κ3) is 4.69. The van der Waals surface area contributed by atoms with Crippen molar-refractivity contribution >= 4 is 17.9 Å². The molecule has 0 aliphatic rings. The van der Waals surface area contributed by atoms with E-state index < -0.39 is 23.5 Å². The molecule has 1 rings (SSSR count). The van der Waals surface area contributed by atoms with Crippen LogP contribution in [0.15, 0.2) is 18.2 Å². The molecule has 3 N–H and O–H groups in total. The SMILES string of the molecule is COC(=O)C(O)(O)c1cccc(NC(=O)OC(C)(C)C)n1. The minimum atomic E-state index is -2.90. The summed E-state index contributed by atoms with van der Waals surface area (Å²) in [6, 6.07) is 4.00. The summed E-state index contributed by atoms with van der Waals surface area (Å²) in [5, 5.41) is 21.7. The average Bonchev–Trinajstić information content (AvgIpc) is 2.35. The molecule has 1 amide bonds. The Hall–Kier alpha value is -2.19. The molecule has 0 radical (unpaired) electrons. The van der Waals surface area contributed by atoms with Gasteiger partial charge in [-0.3, -0.25) is 5.32 Å². The number of methoxy groups -OCH3 is 1. The number of rotatable bonds is 3. The average molecular weight is 298 g/mol. The summed E-state index contributed by atoms with van der Waals surface area (Å²) in [4.78, 5) is 26.6. The smallest absolute Gasteiger partial charge is 0.413 e. The maximum atomic E-state index is 11.6. The van der Waals surface area contributed by atoms with Crippen molar-refractivity contribution in [3.8, 4) is 0 Å². The van der Waals surface area contributed by atoms with Crippen molar-refractivity contribution in [1.82, 2.24) is 4.98 Å². The Morgan fingerprint density at radius 3 is 2.38 bits per heavy atom. The number of nitrogens with one attached hydrogen (secondary N) is 1. The monoisotopic (exact) mass is 298 g/mol. The van der Waals surface area contributed by atoms with Crippen LogP contribution in [0, 0.1) is 0 Å². The second-order valence-corrected chi connectivity index (χ2v) is 5.20. The molecular weight excluding hydrogens is 280 g/mol. The Morgan fingerprint density at radius 2 is 1.86 bits per heavy atom. The van der Waals surface area contributed by atoms with Gasteiger partial charge in [0, 0.05) is 0 Å². The van der Waals surface area contributed by atoms with Gasteiger partial charge in [0.25, 0.3) is 0 Å². The zero-order chi connectivity index (χ0) is 16.3. The van der Waals surface area contributed by atoms with Crippen LogP contribution in [0.2, 0.25) is 0 Å². The van der Waals surface area contributed by atoms with Gasteiger partial charge in [0.15, 0.2) is 0 Å². The number of carbonyl (C=O) groups is 2. The first-order valence-corrected chi connectivity index (χ1v) is 6.07. The van der Waals surface area contributed by atoms with Gasteiger partial charge in [-0.1, -0.05) is 6.07 Å². The molecular formula is C13H18N2O6. The number of aromatic nitrogens is 1. The lowest BCUT2D eigenvalue weighted by molar-refractivity contribution is -0.212. The second kappa shape index (κ2) is 6.06. The van der Waals surface area contributed by atoms with Crippen LogP contribution in [0.5, 0.6) is 0 Å². The predicted octanol–water partition coefficient (Wildman–Crippen LogP) is 0.739. The number of ether oxygens (including phenoxy) is 2. The molecule has 0 unspecified atom stereocenters. The van der Waals surface area contributed by atoms with Gasteiger partial charge in [0.05, 0.1) is 7.11 Å². The number of esters is 1. The van der Waals surface area contributed by atoms with Crippen LogP contribution in [0.3, 0.4) is 0 Å². The Balaban J connectivity index is 2.91. The van der Waals surface area contributed by atoms with Gasteiger partial charge >= 0.3 is 17.8 Å². The highest BCUT2D eigenvalue weighted by Gasteiger charge is 2.38. The lowest BCUT2D eigenvalue weighted by Crippen LogP contribution is -2.37. The lowest BCUT2D eigenvalue weighted by Gasteiger charge is -2.20. The highest BCUT2D eigenvalue weighted by Crippen LogP contribution is 2.19. The summed E-state index contributed by atoms with van der Waals surface area (Å²) in [5.74, 6) is -4.19. The fourth-order valence-electron chi connectivity index (χ4n) is 1.35. The molecule has 116 valence electrons. The topological polar surface area (TPSA) is 118 Å². The van der Waals surface area contributed by atoms with Gasteiger partial charge in [-0.2, -0.15) is 0 Å². The molecule has 0 saturated heterocycles. The van der Waals surface area contributed by atoms with Crippen LogP contribution in [0.1, 0.15) is 26.5 Å². The Labute approximate surface area is 121 Å². The van der Waals surface area contributed by atoms with Crippen LogP contribution in [-0.2, 0) is 20.1 Å². The summed E-state index contributed by atoms with van der Waals surface area (Å²) in [6.07, 6.45) is -0.758.